The number of hydrogen-bond acceptors (Lipinski definition) is 4. The largest absolute Gasteiger partial charge is 0.484 e. The van der Waals surface area contributed by atoms with E-state index in [9.17, 15) is 4.79 Å². The number of nitrogens with zero attached hydrogens (tertiary/aromatic N) is 2. The maximum Gasteiger partial charge on any atom is 0.263 e. The van der Waals surface area contributed by atoms with E-state index >= 15 is 0 Å². The van der Waals surface area contributed by atoms with Crippen LogP contribution in [0.5, 0.6) is 5.75 Å². The van der Waals surface area contributed by atoms with Gasteiger partial charge in [-0.05, 0) is 24.3 Å². The molecule has 2 aromatic rings. The second-order valence-electron chi connectivity index (χ2n) is 4.68. The van der Waals surface area contributed by atoms with Crippen molar-refractivity contribution in [3.63, 3.8) is 0 Å². The van der Waals surface area contributed by atoms with Gasteiger partial charge in [-0.3, -0.25) is 9.48 Å². The summed E-state index contributed by atoms with van der Waals surface area (Å²) < 4.78 is 7.14. The summed E-state index contributed by atoms with van der Waals surface area (Å²) in [5.74, 6) is 2.96. The van der Waals surface area contributed by atoms with E-state index in [1.54, 1.807) is 40.7 Å². The molecule has 2 heterocycles. The van der Waals surface area contributed by atoms with E-state index in [4.69, 9.17) is 16.3 Å². The van der Waals surface area contributed by atoms with Crippen molar-refractivity contribution in [3.05, 3.63) is 40.5 Å². The van der Waals surface area contributed by atoms with E-state index in [1.807, 2.05) is 7.05 Å². The number of carbonyl (C=O) groups is 1. The van der Waals surface area contributed by atoms with Gasteiger partial charge in [0.25, 0.3) is 5.91 Å². The van der Waals surface area contributed by atoms with Gasteiger partial charge in [0.1, 0.15) is 11.6 Å². The first-order chi connectivity index (χ1) is 10.1. The molecule has 5 nitrogen and oxygen atoms in total. The Morgan fingerprint density at radius 2 is 2.19 bits per heavy atom. The van der Waals surface area contributed by atoms with Crippen LogP contribution in [-0.2, 0) is 23.3 Å². The number of carbonyl (C=O) groups excluding carboxylic acids is 1. The van der Waals surface area contributed by atoms with Crippen LogP contribution < -0.4 is 10.1 Å². The molecule has 1 aliphatic heterocycles. The van der Waals surface area contributed by atoms with Crippen molar-refractivity contribution in [1.82, 2.24) is 9.78 Å². The highest BCUT2D eigenvalue weighted by Gasteiger charge is 2.22. The number of hydrogen-bond donors (Lipinski definition) is 1. The van der Waals surface area contributed by atoms with Gasteiger partial charge in [0.2, 0.25) is 0 Å². The van der Waals surface area contributed by atoms with E-state index in [2.05, 4.69) is 10.4 Å². The summed E-state index contributed by atoms with van der Waals surface area (Å²) in [4.78, 5) is 12.0. The summed E-state index contributed by atoms with van der Waals surface area (Å²) in [6.07, 6.45) is 0. The number of thioether (sulfide) groups is 1. The molecule has 0 spiro atoms. The zero-order valence-corrected chi connectivity index (χ0v) is 13.0. The zero-order chi connectivity index (χ0) is 14.8. The van der Waals surface area contributed by atoms with Gasteiger partial charge in [0, 0.05) is 29.1 Å². The molecule has 21 heavy (non-hydrogen) atoms. The molecule has 1 amide bonds. The highest BCUT2D eigenvalue weighted by molar-refractivity contribution is 7.98. The van der Waals surface area contributed by atoms with Gasteiger partial charge < -0.3 is 10.1 Å². The summed E-state index contributed by atoms with van der Waals surface area (Å²) in [6.45, 7) is -0.0469. The lowest BCUT2D eigenvalue weighted by molar-refractivity contribution is -0.118. The lowest BCUT2D eigenvalue weighted by atomic mass is 10.3. The second-order valence-corrected chi connectivity index (χ2v) is 6.10. The third kappa shape index (κ3) is 3.16. The summed E-state index contributed by atoms with van der Waals surface area (Å²) >= 11 is 7.59. The normalized spacial score (nSPS) is 13.0. The van der Waals surface area contributed by atoms with Crippen LogP contribution in [0.2, 0.25) is 5.02 Å². The van der Waals surface area contributed by atoms with Crippen LogP contribution >= 0.6 is 23.4 Å². The smallest absolute Gasteiger partial charge is 0.263 e. The molecule has 0 saturated carbocycles. The molecule has 0 atom stereocenters. The van der Waals surface area contributed by atoms with Crippen molar-refractivity contribution >= 4 is 35.1 Å². The highest BCUT2D eigenvalue weighted by atomic mass is 35.5. The Labute approximate surface area is 131 Å². The topological polar surface area (TPSA) is 56.2 Å². The Hall–Kier alpha value is -1.66. The molecule has 1 aliphatic rings. The number of fused-ring (bicyclic) bond motifs is 1. The lowest BCUT2D eigenvalue weighted by Gasteiger charge is -2.09. The van der Waals surface area contributed by atoms with Crippen molar-refractivity contribution in [3.8, 4) is 5.75 Å². The first-order valence-electron chi connectivity index (χ1n) is 6.44. The highest BCUT2D eigenvalue weighted by Crippen LogP contribution is 2.34. The second kappa shape index (κ2) is 5.99. The summed E-state index contributed by atoms with van der Waals surface area (Å²) in [6, 6.07) is 6.90. The number of amides is 1. The Balaban J connectivity index is 1.61. The standard InChI is InChI=1S/C14H14ClN3O2S/c1-18-14(11-7-21-8-12(11)17-18)16-13(19)6-20-10-4-2-9(15)3-5-10/h2-5H,6-8H2,1H3,(H,16,19). The van der Waals surface area contributed by atoms with E-state index in [1.165, 1.54) is 0 Å². The van der Waals surface area contributed by atoms with Crippen LogP contribution in [0.15, 0.2) is 24.3 Å². The minimum atomic E-state index is -0.201. The van der Waals surface area contributed by atoms with Crippen molar-refractivity contribution in [2.75, 3.05) is 11.9 Å². The summed E-state index contributed by atoms with van der Waals surface area (Å²) in [5, 5.41) is 7.90. The van der Waals surface area contributed by atoms with Gasteiger partial charge in [0.05, 0.1) is 5.69 Å². The van der Waals surface area contributed by atoms with Gasteiger partial charge in [-0.15, -0.1) is 0 Å². The van der Waals surface area contributed by atoms with Crippen molar-refractivity contribution < 1.29 is 9.53 Å². The fourth-order valence-corrected chi connectivity index (χ4v) is 3.31. The van der Waals surface area contributed by atoms with E-state index in [-0.39, 0.29) is 12.5 Å². The van der Waals surface area contributed by atoms with E-state index in [0.717, 1.165) is 28.6 Å². The third-order valence-electron chi connectivity index (χ3n) is 3.16. The van der Waals surface area contributed by atoms with Crippen LogP contribution in [0.25, 0.3) is 0 Å². The quantitative estimate of drug-likeness (QED) is 0.940. The van der Waals surface area contributed by atoms with Gasteiger partial charge in [-0.1, -0.05) is 11.6 Å². The molecule has 0 radical (unpaired) electrons. The van der Waals surface area contributed by atoms with Crippen molar-refractivity contribution in [2.45, 2.75) is 11.5 Å². The fraction of sp³-hybridized carbons (Fsp3) is 0.286. The van der Waals surface area contributed by atoms with Gasteiger partial charge in [0.15, 0.2) is 6.61 Å². The third-order valence-corrected chi connectivity index (χ3v) is 4.38. The number of aryl methyl sites for hydroxylation is 1. The van der Waals surface area contributed by atoms with E-state index < -0.39 is 0 Å². The first kappa shape index (κ1) is 14.3. The van der Waals surface area contributed by atoms with Crippen LogP contribution in [0.1, 0.15) is 11.3 Å². The molecule has 0 bridgehead atoms. The Morgan fingerprint density at radius 1 is 1.43 bits per heavy atom. The van der Waals surface area contributed by atoms with Crippen molar-refractivity contribution in [1.29, 1.82) is 0 Å². The van der Waals surface area contributed by atoms with Crippen LogP contribution in [0.4, 0.5) is 5.82 Å². The molecule has 0 fully saturated rings. The Morgan fingerprint density at radius 3 is 2.95 bits per heavy atom. The molecule has 110 valence electrons. The Kier molecular flexibility index (Phi) is 4.07. The summed E-state index contributed by atoms with van der Waals surface area (Å²) in [5.41, 5.74) is 2.17. The van der Waals surface area contributed by atoms with Gasteiger partial charge >= 0.3 is 0 Å². The van der Waals surface area contributed by atoms with Crippen LogP contribution in [-0.4, -0.2) is 22.3 Å². The number of halogens is 1. The number of anilines is 1. The molecule has 0 unspecified atom stereocenters. The molecule has 3 rings (SSSR count). The molecule has 1 N–H and O–H groups in total. The minimum absolute atomic E-state index is 0.0469. The van der Waals surface area contributed by atoms with Gasteiger partial charge in [-0.25, -0.2) is 0 Å². The molecule has 1 aromatic heterocycles. The predicted molar refractivity (Wildman–Crippen MR) is 83.8 cm³/mol. The monoisotopic (exact) mass is 323 g/mol. The maximum absolute atomic E-state index is 12.0. The number of nitrogens with one attached hydrogen (secondary N) is 1. The number of aromatic nitrogens is 2. The molecule has 7 heteroatoms. The molecule has 1 aromatic carbocycles. The van der Waals surface area contributed by atoms with E-state index in [0.29, 0.717) is 10.8 Å². The molecular weight excluding hydrogens is 310 g/mol. The average molecular weight is 324 g/mol. The minimum Gasteiger partial charge on any atom is -0.484 e. The lowest BCUT2D eigenvalue weighted by Crippen LogP contribution is -2.22. The summed E-state index contributed by atoms with van der Waals surface area (Å²) in [7, 11) is 1.83. The predicted octanol–water partition coefficient (Wildman–Crippen LogP) is 2.84. The maximum atomic E-state index is 12.0. The van der Waals surface area contributed by atoms with Gasteiger partial charge in [-0.2, -0.15) is 16.9 Å². The molecule has 0 aliphatic carbocycles. The van der Waals surface area contributed by atoms with Crippen LogP contribution in [0.3, 0.4) is 0 Å². The average Bonchev–Trinajstić information content (AvgIpc) is 3.01. The number of rotatable bonds is 4. The fourth-order valence-electron chi connectivity index (χ4n) is 2.15. The van der Waals surface area contributed by atoms with Crippen LogP contribution in [0, 0.1) is 0 Å². The number of ether oxygens (including phenoxy) is 1. The Bertz CT molecular complexity index is 670. The SMILES string of the molecule is Cn1nc2c(c1NC(=O)COc1ccc(Cl)cc1)CSC2. The van der Waals surface area contributed by atoms with Crippen molar-refractivity contribution in [2.24, 2.45) is 7.05 Å². The number of benzene rings is 1. The molecular formula is C14H14ClN3O2S. The molecule has 0 saturated heterocycles. The zero-order valence-electron chi connectivity index (χ0n) is 11.4. The first-order valence-corrected chi connectivity index (χ1v) is 7.97.